The lowest BCUT2D eigenvalue weighted by Gasteiger charge is -2.26. The predicted octanol–water partition coefficient (Wildman–Crippen LogP) is 0.355. The monoisotopic (exact) mass is 319 g/mol. The van der Waals surface area contributed by atoms with E-state index < -0.39 is 11.8 Å². The summed E-state index contributed by atoms with van der Waals surface area (Å²) in [6.07, 6.45) is 0. The summed E-state index contributed by atoms with van der Waals surface area (Å²) in [5.41, 5.74) is 1.14. The number of carbonyl (C=O) groups is 2. The Balaban J connectivity index is 1.63. The van der Waals surface area contributed by atoms with Crippen LogP contribution in [-0.2, 0) is 14.3 Å². The predicted molar refractivity (Wildman–Crippen MR) is 88.1 cm³/mol. The Kier molecular flexibility index (Phi) is 7.03. The first-order valence-electron chi connectivity index (χ1n) is 8.08. The summed E-state index contributed by atoms with van der Waals surface area (Å²) in [5.74, 6) is -0.977. The van der Waals surface area contributed by atoms with Gasteiger partial charge in [-0.05, 0) is 11.5 Å². The molecule has 1 atom stereocenters. The number of nitrogens with one attached hydrogen (secondary N) is 2. The molecule has 0 aromatic heterocycles. The second kappa shape index (κ2) is 9.27. The minimum absolute atomic E-state index is 0.168. The molecular formula is C17H25N3O3. The number of rotatable bonds is 6. The summed E-state index contributed by atoms with van der Waals surface area (Å²) in [6.45, 7) is 6.87. The van der Waals surface area contributed by atoms with Gasteiger partial charge < -0.3 is 15.4 Å². The lowest BCUT2D eigenvalue weighted by atomic mass is 10.0. The van der Waals surface area contributed by atoms with Crippen LogP contribution in [0, 0.1) is 0 Å². The third-order valence-corrected chi connectivity index (χ3v) is 3.96. The zero-order chi connectivity index (χ0) is 16.5. The second-order valence-corrected chi connectivity index (χ2v) is 5.73. The van der Waals surface area contributed by atoms with Gasteiger partial charge in [0.25, 0.3) is 0 Å². The van der Waals surface area contributed by atoms with Gasteiger partial charge in [0.1, 0.15) is 0 Å². The van der Waals surface area contributed by atoms with Gasteiger partial charge in [-0.1, -0.05) is 37.3 Å². The first-order chi connectivity index (χ1) is 11.2. The van der Waals surface area contributed by atoms with Gasteiger partial charge in [0.2, 0.25) is 0 Å². The van der Waals surface area contributed by atoms with Crippen molar-refractivity contribution in [3.05, 3.63) is 35.9 Å². The summed E-state index contributed by atoms with van der Waals surface area (Å²) >= 11 is 0. The van der Waals surface area contributed by atoms with Crippen molar-refractivity contribution in [2.45, 2.75) is 12.8 Å². The number of morpholine rings is 1. The molecule has 0 saturated carbocycles. The topological polar surface area (TPSA) is 70.7 Å². The first-order valence-corrected chi connectivity index (χ1v) is 8.08. The molecule has 0 radical (unpaired) electrons. The van der Waals surface area contributed by atoms with Gasteiger partial charge in [-0.2, -0.15) is 0 Å². The van der Waals surface area contributed by atoms with E-state index in [4.69, 9.17) is 4.74 Å². The maximum atomic E-state index is 11.8. The highest BCUT2D eigenvalue weighted by atomic mass is 16.5. The molecule has 23 heavy (non-hydrogen) atoms. The minimum atomic E-state index is -0.574. The van der Waals surface area contributed by atoms with Crippen LogP contribution >= 0.6 is 0 Å². The Morgan fingerprint density at radius 3 is 2.48 bits per heavy atom. The fraction of sp³-hybridized carbons (Fsp3) is 0.529. The summed E-state index contributed by atoms with van der Waals surface area (Å²) in [6, 6.07) is 9.91. The molecule has 2 amide bonds. The number of hydrogen-bond acceptors (Lipinski definition) is 4. The van der Waals surface area contributed by atoms with E-state index in [0.29, 0.717) is 13.1 Å². The molecule has 1 aliphatic heterocycles. The van der Waals surface area contributed by atoms with Crippen molar-refractivity contribution in [3.8, 4) is 0 Å². The van der Waals surface area contributed by atoms with Crippen LogP contribution in [0.2, 0.25) is 0 Å². The van der Waals surface area contributed by atoms with E-state index >= 15 is 0 Å². The van der Waals surface area contributed by atoms with Gasteiger partial charge in [-0.3, -0.25) is 14.5 Å². The van der Waals surface area contributed by atoms with Crippen molar-refractivity contribution < 1.29 is 14.3 Å². The van der Waals surface area contributed by atoms with E-state index in [1.165, 1.54) is 0 Å². The molecule has 1 aromatic carbocycles. The van der Waals surface area contributed by atoms with Crippen molar-refractivity contribution in [3.63, 3.8) is 0 Å². The largest absolute Gasteiger partial charge is 0.379 e. The van der Waals surface area contributed by atoms with Gasteiger partial charge in [0.05, 0.1) is 13.2 Å². The van der Waals surface area contributed by atoms with Crippen LogP contribution in [0.15, 0.2) is 30.3 Å². The molecule has 6 nitrogen and oxygen atoms in total. The summed E-state index contributed by atoms with van der Waals surface area (Å²) < 4.78 is 5.26. The van der Waals surface area contributed by atoms with Crippen molar-refractivity contribution >= 4 is 11.8 Å². The molecule has 1 aliphatic rings. The lowest BCUT2D eigenvalue weighted by molar-refractivity contribution is -0.139. The summed E-state index contributed by atoms with van der Waals surface area (Å²) in [5, 5.41) is 5.34. The molecule has 0 spiro atoms. The minimum Gasteiger partial charge on any atom is -0.379 e. The molecule has 1 saturated heterocycles. The smallest absolute Gasteiger partial charge is 0.309 e. The van der Waals surface area contributed by atoms with Crippen molar-refractivity contribution in [2.24, 2.45) is 0 Å². The molecule has 6 heteroatoms. The Bertz CT molecular complexity index is 501. The molecule has 126 valence electrons. The van der Waals surface area contributed by atoms with Crippen LogP contribution < -0.4 is 10.6 Å². The molecule has 2 rings (SSSR count). The fourth-order valence-corrected chi connectivity index (χ4v) is 2.46. The zero-order valence-electron chi connectivity index (χ0n) is 13.6. The van der Waals surface area contributed by atoms with E-state index in [-0.39, 0.29) is 5.92 Å². The van der Waals surface area contributed by atoms with Crippen molar-refractivity contribution in [1.29, 1.82) is 0 Å². The average molecular weight is 319 g/mol. The maximum absolute atomic E-state index is 11.8. The quantitative estimate of drug-likeness (QED) is 0.743. The standard InChI is InChI=1S/C17H25N3O3/c1-14(15-5-3-2-4-6-15)13-19-17(22)16(21)18-7-8-20-9-11-23-12-10-20/h2-6,14H,7-13H2,1H3,(H,18,21)(H,19,22)/t14-/m1/s1. The number of ether oxygens (including phenoxy) is 1. The van der Waals surface area contributed by atoms with E-state index in [1.54, 1.807) is 0 Å². The van der Waals surface area contributed by atoms with Crippen LogP contribution in [0.3, 0.4) is 0 Å². The van der Waals surface area contributed by atoms with Gasteiger partial charge in [-0.15, -0.1) is 0 Å². The van der Waals surface area contributed by atoms with Crippen LogP contribution in [0.5, 0.6) is 0 Å². The molecule has 1 heterocycles. The Hall–Kier alpha value is -1.92. The number of hydrogen-bond donors (Lipinski definition) is 2. The molecule has 0 bridgehead atoms. The normalized spacial score (nSPS) is 16.6. The molecule has 0 unspecified atom stereocenters. The number of benzene rings is 1. The van der Waals surface area contributed by atoms with Crippen molar-refractivity contribution in [2.75, 3.05) is 45.9 Å². The van der Waals surface area contributed by atoms with Crippen LogP contribution in [0.1, 0.15) is 18.4 Å². The van der Waals surface area contributed by atoms with Crippen LogP contribution in [0.4, 0.5) is 0 Å². The van der Waals surface area contributed by atoms with E-state index in [1.807, 2.05) is 37.3 Å². The molecule has 0 aliphatic carbocycles. The van der Waals surface area contributed by atoms with E-state index in [0.717, 1.165) is 38.4 Å². The Morgan fingerprint density at radius 1 is 1.13 bits per heavy atom. The molecule has 1 fully saturated rings. The van der Waals surface area contributed by atoms with E-state index in [2.05, 4.69) is 15.5 Å². The Labute approximate surface area is 137 Å². The Morgan fingerprint density at radius 2 is 1.78 bits per heavy atom. The third-order valence-electron chi connectivity index (χ3n) is 3.96. The highest BCUT2D eigenvalue weighted by molar-refractivity contribution is 6.35. The SMILES string of the molecule is C[C@H](CNC(=O)C(=O)NCCN1CCOCC1)c1ccccc1. The highest BCUT2D eigenvalue weighted by Crippen LogP contribution is 2.12. The van der Waals surface area contributed by atoms with Gasteiger partial charge in [-0.25, -0.2) is 0 Å². The van der Waals surface area contributed by atoms with Gasteiger partial charge >= 0.3 is 11.8 Å². The number of amides is 2. The van der Waals surface area contributed by atoms with Crippen molar-refractivity contribution in [1.82, 2.24) is 15.5 Å². The van der Waals surface area contributed by atoms with Crippen LogP contribution in [-0.4, -0.2) is 62.7 Å². The summed E-state index contributed by atoms with van der Waals surface area (Å²) in [7, 11) is 0. The third kappa shape index (κ3) is 6.00. The zero-order valence-corrected chi connectivity index (χ0v) is 13.6. The molecule has 2 N–H and O–H groups in total. The van der Waals surface area contributed by atoms with Crippen LogP contribution in [0.25, 0.3) is 0 Å². The van der Waals surface area contributed by atoms with Gasteiger partial charge in [0.15, 0.2) is 0 Å². The van der Waals surface area contributed by atoms with E-state index in [9.17, 15) is 9.59 Å². The lowest BCUT2D eigenvalue weighted by Crippen LogP contribution is -2.45. The van der Waals surface area contributed by atoms with Gasteiger partial charge in [0, 0.05) is 32.7 Å². The highest BCUT2D eigenvalue weighted by Gasteiger charge is 2.15. The number of nitrogens with zero attached hydrogens (tertiary/aromatic N) is 1. The second-order valence-electron chi connectivity index (χ2n) is 5.73. The number of carbonyl (C=O) groups excluding carboxylic acids is 2. The fourth-order valence-electron chi connectivity index (χ4n) is 2.46. The first kappa shape index (κ1) is 17.4. The molecular weight excluding hydrogens is 294 g/mol. The molecule has 1 aromatic rings. The maximum Gasteiger partial charge on any atom is 0.309 e. The summed E-state index contributed by atoms with van der Waals surface area (Å²) in [4.78, 5) is 25.8. The average Bonchev–Trinajstić information content (AvgIpc) is 2.61.